The normalized spacial score (nSPS) is 11.8. The summed E-state index contributed by atoms with van der Waals surface area (Å²) in [5.41, 5.74) is 0. The van der Waals surface area contributed by atoms with Gasteiger partial charge >= 0.3 is 37.4 Å². The van der Waals surface area contributed by atoms with Crippen LogP contribution in [0.25, 0.3) is 0 Å². The fourth-order valence-corrected chi connectivity index (χ4v) is 0. The Kier molecular flexibility index (Phi) is 1.87. The van der Waals surface area contributed by atoms with E-state index >= 15 is 0 Å². The summed E-state index contributed by atoms with van der Waals surface area (Å²) in [5.74, 6) is 0. The van der Waals surface area contributed by atoms with Gasteiger partial charge in [-0.1, -0.05) is 0 Å². The molecule has 32 valence electrons. The van der Waals surface area contributed by atoms with E-state index in [1.165, 1.54) is 0 Å². The maximum absolute atomic E-state index is 9.01. The van der Waals surface area contributed by atoms with Crippen LogP contribution in [0.5, 0.6) is 0 Å². The Balaban J connectivity index is 3.47. The van der Waals surface area contributed by atoms with E-state index in [9.17, 15) is 0 Å². The van der Waals surface area contributed by atoms with Crippen LogP contribution in [0, 0.1) is 0 Å². The van der Waals surface area contributed by atoms with Gasteiger partial charge < -0.3 is 0 Å². The molecular formula is O3SSb-3. The Morgan fingerprint density at radius 1 is 1.20 bits per heavy atom. The fraction of sp³-hybridized carbons (Fsp3) is 0. The molecule has 0 N–H and O–H groups in total. The third-order valence-electron chi connectivity index (χ3n) is 0. The van der Waals surface area contributed by atoms with Crippen molar-refractivity contribution in [3.05, 3.63) is 0 Å². The molecule has 3 nitrogen and oxygen atoms in total. The molecule has 0 atom stereocenters. The minimum absolute atomic E-state index is 3.36. The van der Waals surface area contributed by atoms with E-state index in [2.05, 4.69) is 9.19 Å². The Bertz CT molecular complexity index is 53.0. The van der Waals surface area contributed by atoms with Gasteiger partial charge in [-0.05, 0) is 0 Å². The van der Waals surface area contributed by atoms with Crippen LogP contribution in [0.4, 0.5) is 0 Å². The van der Waals surface area contributed by atoms with Crippen molar-refractivity contribution >= 4 is 27.3 Å². The molecule has 0 aromatic heterocycles. The Morgan fingerprint density at radius 2 is 1.20 bits per heavy atom. The second-order valence-corrected chi connectivity index (χ2v) is 6.00. The summed E-state index contributed by atoms with van der Waals surface area (Å²) < 4.78 is 27.0. The quantitative estimate of drug-likeness (QED) is 0.385. The van der Waals surface area contributed by atoms with Crippen LogP contribution in [0.1, 0.15) is 0 Å². The number of hydrogen-bond acceptors (Lipinski definition) is 4. The van der Waals surface area contributed by atoms with Crippen molar-refractivity contribution in [1.82, 2.24) is 0 Å². The first-order valence-corrected chi connectivity index (χ1v) is 7.35. The van der Waals surface area contributed by atoms with Crippen LogP contribution in [0.15, 0.2) is 0 Å². The van der Waals surface area contributed by atoms with E-state index in [4.69, 9.17) is 10.2 Å². The molecule has 0 fully saturated rings. The van der Waals surface area contributed by atoms with Gasteiger partial charge in [-0.2, -0.15) is 0 Å². The Labute approximate surface area is 37.7 Å². The minimum atomic E-state index is -5.27. The molecule has 0 aliphatic carbocycles. The monoisotopic (exact) mass is 201 g/mol. The van der Waals surface area contributed by atoms with Gasteiger partial charge in [-0.15, -0.1) is 0 Å². The van der Waals surface area contributed by atoms with Gasteiger partial charge in [0.2, 0.25) is 0 Å². The first kappa shape index (κ1) is 5.92. The zero-order chi connectivity index (χ0) is 4.50. The summed E-state index contributed by atoms with van der Waals surface area (Å²) in [6, 6.07) is 0. The fourth-order valence-electron chi connectivity index (χ4n) is 0. The van der Waals surface area contributed by atoms with Crippen LogP contribution in [-0.2, 0) is 0 Å². The first-order chi connectivity index (χ1) is 2.00. The van der Waals surface area contributed by atoms with Crippen molar-refractivity contribution in [3.8, 4) is 0 Å². The standard InChI is InChI=1S/3O.S.Sb/q3*-1;;. The van der Waals surface area contributed by atoms with Crippen LogP contribution < -0.4 is 10.2 Å². The second kappa shape index (κ2) is 1.58. The molecule has 0 spiro atoms. The average Bonchev–Trinajstić information content (AvgIpc) is 0.722. The van der Waals surface area contributed by atoms with Gasteiger partial charge in [0.15, 0.2) is 0 Å². The van der Waals surface area contributed by atoms with Gasteiger partial charge in [0.1, 0.15) is 0 Å². The maximum atomic E-state index is 9.01. The molecule has 0 aliphatic heterocycles. The van der Waals surface area contributed by atoms with Crippen molar-refractivity contribution in [3.63, 3.8) is 0 Å². The molecule has 5 heteroatoms. The predicted octanol–water partition coefficient (Wildman–Crippen LogP) is -3.30. The Morgan fingerprint density at radius 3 is 1.20 bits per heavy atom. The van der Waals surface area contributed by atoms with E-state index in [-0.39, 0.29) is 0 Å². The SMILES string of the molecule is [O-][Sb]([O-])([O-])=[S]. The van der Waals surface area contributed by atoms with Gasteiger partial charge in [0, 0.05) is 0 Å². The molecule has 0 unspecified atom stereocenters. The summed E-state index contributed by atoms with van der Waals surface area (Å²) in [5, 5.41) is 0. The zero-order valence-corrected chi connectivity index (χ0v) is 5.45. The molecular weight excluding hydrogens is 202 g/mol. The summed E-state index contributed by atoms with van der Waals surface area (Å²) >= 11 is -5.27. The van der Waals surface area contributed by atoms with Crippen molar-refractivity contribution in [2.75, 3.05) is 0 Å². The van der Waals surface area contributed by atoms with Crippen molar-refractivity contribution in [2.24, 2.45) is 0 Å². The summed E-state index contributed by atoms with van der Waals surface area (Å²) in [6.45, 7) is 0. The van der Waals surface area contributed by atoms with E-state index in [0.29, 0.717) is 0 Å². The number of rotatable bonds is 0. The third kappa shape index (κ3) is 49.7. The molecule has 0 aliphatic rings. The molecule has 0 heterocycles. The van der Waals surface area contributed by atoms with Crippen molar-refractivity contribution in [2.45, 2.75) is 0 Å². The number of hydrogen-bond donors (Lipinski definition) is 0. The van der Waals surface area contributed by atoms with Crippen LogP contribution in [0.2, 0.25) is 0 Å². The predicted molar refractivity (Wildman–Crippen MR) is 13.3 cm³/mol. The summed E-state index contributed by atoms with van der Waals surface area (Å²) in [4.78, 5) is 0. The zero-order valence-electron chi connectivity index (χ0n) is 2.08. The van der Waals surface area contributed by atoms with Gasteiger partial charge in [-0.25, -0.2) is 0 Å². The van der Waals surface area contributed by atoms with E-state index in [0.717, 1.165) is 0 Å². The van der Waals surface area contributed by atoms with Crippen LogP contribution >= 0.6 is 9.19 Å². The van der Waals surface area contributed by atoms with E-state index in [1.807, 2.05) is 0 Å². The van der Waals surface area contributed by atoms with Crippen molar-refractivity contribution < 1.29 is 10.2 Å². The van der Waals surface area contributed by atoms with Gasteiger partial charge in [-0.3, -0.25) is 0 Å². The molecule has 0 radical (unpaired) electrons. The molecule has 0 saturated heterocycles. The van der Waals surface area contributed by atoms with Crippen LogP contribution in [-0.4, -0.2) is 18.1 Å². The summed E-state index contributed by atoms with van der Waals surface area (Å²) in [7, 11) is 3.36. The average molecular weight is 202 g/mol. The molecule has 0 saturated carbocycles. The molecule has 0 aromatic rings. The summed E-state index contributed by atoms with van der Waals surface area (Å²) in [6.07, 6.45) is 0. The molecule has 0 rings (SSSR count). The van der Waals surface area contributed by atoms with Gasteiger partial charge in [0.05, 0.1) is 0 Å². The molecule has 5 heavy (non-hydrogen) atoms. The molecule has 0 bridgehead atoms. The molecule has 0 amide bonds. The topological polar surface area (TPSA) is 69.2 Å². The first-order valence-electron chi connectivity index (χ1n) is 0.730. The van der Waals surface area contributed by atoms with Gasteiger partial charge in [0.25, 0.3) is 0 Å². The van der Waals surface area contributed by atoms with E-state index < -0.39 is 18.1 Å². The van der Waals surface area contributed by atoms with E-state index in [1.54, 1.807) is 0 Å². The Hall–Kier alpha value is 0.918. The van der Waals surface area contributed by atoms with Crippen LogP contribution in [0.3, 0.4) is 0 Å². The molecule has 0 aromatic carbocycles. The van der Waals surface area contributed by atoms with Crippen molar-refractivity contribution in [1.29, 1.82) is 0 Å². The third-order valence-corrected chi connectivity index (χ3v) is 0. The second-order valence-electron chi connectivity index (χ2n) is 0.447.